The largest absolute Gasteiger partial charge is 0.381 e. The maximum Gasteiger partial charge on any atom is 0.220 e. The maximum absolute atomic E-state index is 10.7. The van der Waals surface area contributed by atoms with E-state index in [9.17, 15) is 4.79 Å². The summed E-state index contributed by atoms with van der Waals surface area (Å²) in [4.78, 5) is 10.7. The fourth-order valence-electron chi connectivity index (χ4n) is 1.15. The van der Waals surface area contributed by atoms with E-state index >= 15 is 0 Å². The van der Waals surface area contributed by atoms with E-state index < -0.39 is 0 Å². The number of methoxy groups -OCH3 is 1. The highest BCUT2D eigenvalue weighted by molar-refractivity contribution is 5.78. The Balaban J connectivity index is 2.36. The Morgan fingerprint density at radius 2 is 2.50 bits per heavy atom. The molecule has 3 heteroatoms. The molecule has 0 aromatic heterocycles. The number of rotatable bonds is 2. The molecule has 0 radical (unpaired) electrons. The number of ether oxygens (including phenoxy) is 1. The van der Waals surface area contributed by atoms with Gasteiger partial charge < -0.3 is 10.1 Å². The third-order valence-electron chi connectivity index (χ3n) is 2.04. The van der Waals surface area contributed by atoms with Crippen LogP contribution in [0.3, 0.4) is 0 Å². The summed E-state index contributed by atoms with van der Waals surface area (Å²) in [5.74, 6) is 0.520. The lowest BCUT2D eigenvalue weighted by Gasteiger charge is -2.14. The topological polar surface area (TPSA) is 38.3 Å². The van der Waals surface area contributed by atoms with E-state index in [0.717, 1.165) is 6.54 Å². The zero-order valence-electron chi connectivity index (χ0n) is 6.39. The van der Waals surface area contributed by atoms with Crippen molar-refractivity contribution in [2.45, 2.75) is 19.4 Å². The number of hydrogen-bond donors (Lipinski definition) is 1. The fraction of sp³-hybridized carbons (Fsp3) is 0.857. The van der Waals surface area contributed by atoms with E-state index in [1.807, 2.05) is 6.92 Å². The Bertz CT molecular complexity index is 136. The van der Waals surface area contributed by atoms with Crippen LogP contribution in [0.1, 0.15) is 13.3 Å². The molecule has 0 aromatic rings. The molecule has 1 aliphatic rings. The van der Waals surface area contributed by atoms with Crippen LogP contribution >= 0.6 is 0 Å². The van der Waals surface area contributed by atoms with Gasteiger partial charge in [0.05, 0.1) is 6.10 Å². The average molecular weight is 143 g/mol. The first-order chi connectivity index (χ1) is 4.74. The summed E-state index contributed by atoms with van der Waals surface area (Å²) in [5, 5.41) is 2.77. The van der Waals surface area contributed by atoms with Crippen LogP contribution in [0.5, 0.6) is 0 Å². The second-order valence-electron chi connectivity index (χ2n) is 2.71. The number of hydrogen-bond acceptors (Lipinski definition) is 2. The van der Waals surface area contributed by atoms with Gasteiger partial charge in [-0.05, 0) is 6.92 Å². The third-order valence-corrected chi connectivity index (χ3v) is 2.04. The van der Waals surface area contributed by atoms with Gasteiger partial charge in [-0.2, -0.15) is 0 Å². The molecule has 3 nitrogen and oxygen atoms in total. The standard InChI is InChI=1S/C7H13NO2/c1-5(10-2)6-3-7(9)8-4-6/h5-6H,3-4H2,1-2H3,(H,8,9)/t5?,6-/m1/s1. The molecule has 10 heavy (non-hydrogen) atoms. The van der Waals surface area contributed by atoms with Crippen LogP contribution in [0, 0.1) is 5.92 Å². The third kappa shape index (κ3) is 1.48. The molecule has 0 aliphatic carbocycles. The minimum atomic E-state index is 0.147. The molecule has 1 fully saturated rings. The molecule has 2 atom stereocenters. The average Bonchev–Trinajstić information content (AvgIpc) is 2.34. The molecule has 0 aromatic carbocycles. The Labute approximate surface area is 60.7 Å². The van der Waals surface area contributed by atoms with Gasteiger partial charge >= 0.3 is 0 Å². The quantitative estimate of drug-likeness (QED) is 0.598. The van der Waals surface area contributed by atoms with Crippen LogP contribution in [-0.4, -0.2) is 25.7 Å². The second kappa shape index (κ2) is 3.01. The maximum atomic E-state index is 10.7. The van der Waals surface area contributed by atoms with E-state index in [1.54, 1.807) is 7.11 Å². The van der Waals surface area contributed by atoms with Crippen molar-refractivity contribution < 1.29 is 9.53 Å². The molecule has 1 rings (SSSR count). The first-order valence-corrected chi connectivity index (χ1v) is 3.53. The van der Waals surface area contributed by atoms with Gasteiger partial charge in [0.25, 0.3) is 0 Å². The lowest BCUT2D eigenvalue weighted by Crippen LogP contribution is -2.21. The zero-order chi connectivity index (χ0) is 7.56. The summed E-state index contributed by atoms with van der Waals surface area (Å²) in [6.45, 7) is 2.76. The molecule has 1 unspecified atom stereocenters. The lowest BCUT2D eigenvalue weighted by atomic mass is 10.0. The number of amides is 1. The Hall–Kier alpha value is -0.570. The van der Waals surface area contributed by atoms with Crippen LogP contribution in [0.4, 0.5) is 0 Å². The summed E-state index contributed by atoms with van der Waals surface area (Å²) >= 11 is 0. The van der Waals surface area contributed by atoms with Crippen molar-refractivity contribution in [2.75, 3.05) is 13.7 Å². The van der Waals surface area contributed by atoms with Crippen molar-refractivity contribution in [3.8, 4) is 0 Å². The molecule has 0 spiro atoms. The van der Waals surface area contributed by atoms with Gasteiger partial charge in [0.1, 0.15) is 0 Å². The molecule has 1 heterocycles. The second-order valence-corrected chi connectivity index (χ2v) is 2.71. The first-order valence-electron chi connectivity index (χ1n) is 3.53. The summed E-state index contributed by atoms with van der Waals surface area (Å²) in [5.41, 5.74) is 0. The number of carbonyl (C=O) groups is 1. The first kappa shape index (κ1) is 7.54. The molecule has 1 amide bonds. The van der Waals surface area contributed by atoms with Crippen molar-refractivity contribution in [3.63, 3.8) is 0 Å². The Morgan fingerprint density at radius 1 is 1.80 bits per heavy atom. The molecule has 0 saturated carbocycles. The van der Waals surface area contributed by atoms with Crippen LogP contribution in [0.2, 0.25) is 0 Å². The normalized spacial score (nSPS) is 28.2. The lowest BCUT2D eigenvalue weighted by molar-refractivity contribution is -0.119. The Kier molecular flexibility index (Phi) is 2.27. The minimum absolute atomic E-state index is 0.147. The van der Waals surface area contributed by atoms with E-state index in [0.29, 0.717) is 12.3 Å². The van der Waals surface area contributed by atoms with E-state index in [-0.39, 0.29) is 12.0 Å². The predicted octanol–water partition coefficient (Wildman–Crippen LogP) is 0.157. The molecule has 0 bridgehead atoms. The molecule has 1 N–H and O–H groups in total. The highest BCUT2D eigenvalue weighted by Gasteiger charge is 2.26. The molecule has 58 valence electrons. The van der Waals surface area contributed by atoms with Gasteiger partial charge in [0.15, 0.2) is 0 Å². The van der Waals surface area contributed by atoms with Gasteiger partial charge in [0, 0.05) is 26.0 Å². The molecular weight excluding hydrogens is 130 g/mol. The van der Waals surface area contributed by atoms with Crippen molar-refractivity contribution >= 4 is 5.91 Å². The van der Waals surface area contributed by atoms with Crippen molar-refractivity contribution in [3.05, 3.63) is 0 Å². The van der Waals surface area contributed by atoms with E-state index in [2.05, 4.69) is 5.32 Å². The zero-order valence-corrected chi connectivity index (χ0v) is 6.39. The minimum Gasteiger partial charge on any atom is -0.381 e. The monoisotopic (exact) mass is 143 g/mol. The van der Waals surface area contributed by atoms with Crippen molar-refractivity contribution in [2.24, 2.45) is 5.92 Å². The molecular formula is C7H13NO2. The van der Waals surface area contributed by atoms with Crippen molar-refractivity contribution in [1.82, 2.24) is 5.32 Å². The fourth-order valence-corrected chi connectivity index (χ4v) is 1.15. The van der Waals surface area contributed by atoms with E-state index in [1.165, 1.54) is 0 Å². The summed E-state index contributed by atoms with van der Waals surface area (Å²) in [6.07, 6.45) is 0.814. The number of nitrogens with one attached hydrogen (secondary N) is 1. The van der Waals surface area contributed by atoms with Gasteiger partial charge in [-0.25, -0.2) is 0 Å². The van der Waals surface area contributed by atoms with Crippen LogP contribution in [-0.2, 0) is 9.53 Å². The predicted molar refractivity (Wildman–Crippen MR) is 37.6 cm³/mol. The Morgan fingerprint density at radius 3 is 2.90 bits per heavy atom. The van der Waals surface area contributed by atoms with Crippen LogP contribution in [0.15, 0.2) is 0 Å². The highest BCUT2D eigenvalue weighted by Crippen LogP contribution is 2.14. The summed E-state index contributed by atoms with van der Waals surface area (Å²) in [7, 11) is 1.67. The van der Waals surface area contributed by atoms with Gasteiger partial charge in [-0.1, -0.05) is 0 Å². The smallest absolute Gasteiger partial charge is 0.220 e. The molecule has 1 saturated heterocycles. The molecule has 1 aliphatic heterocycles. The van der Waals surface area contributed by atoms with Crippen molar-refractivity contribution in [1.29, 1.82) is 0 Å². The number of carbonyl (C=O) groups excluding carboxylic acids is 1. The summed E-state index contributed by atoms with van der Waals surface area (Å²) < 4.78 is 5.09. The SMILES string of the molecule is COC(C)[C@H]1CNC(=O)C1. The highest BCUT2D eigenvalue weighted by atomic mass is 16.5. The van der Waals surface area contributed by atoms with Gasteiger partial charge in [-0.3, -0.25) is 4.79 Å². The summed E-state index contributed by atoms with van der Waals surface area (Å²) in [6, 6.07) is 0. The van der Waals surface area contributed by atoms with Crippen LogP contribution < -0.4 is 5.32 Å². The van der Waals surface area contributed by atoms with Gasteiger partial charge in [0.2, 0.25) is 5.91 Å². The van der Waals surface area contributed by atoms with Crippen LogP contribution in [0.25, 0.3) is 0 Å². The van der Waals surface area contributed by atoms with Gasteiger partial charge in [-0.15, -0.1) is 0 Å². The van der Waals surface area contributed by atoms with E-state index in [4.69, 9.17) is 4.74 Å².